The number of fused-ring (bicyclic) bond motifs is 1. The number of rotatable bonds is 5. The SMILES string of the molecule is Cc1nc2nc(SCC(=O)N(C)Cc3ccc(Cl)s3)nn2c(C)c1C. The number of aromatic nitrogens is 4. The molecule has 3 aromatic heterocycles. The van der Waals surface area contributed by atoms with Crippen LogP contribution in [0.3, 0.4) is 0 Å². The van der Waals surface area contributed by atoms with Gasteiger partial charge in [0.15, 0.2) is 0 Å². The molecule has 25 heavy (non-hydrogen) atoms. The third kappa shape index (κ3) is 3.96. The molecule has 0 fully saturated rings. The molecular weight excluding hydrogens is 378 g/mol. The maximum absolute atomic E-state index is 12.3. The van der Waals surface area contributed by atoms with Crippen molar-refractivity contribution < 1.29 is 4.79 Å². The molecule has 1 amide bonds. The summed E-state index contributed by atoms with van der Waals surface area (Å²) in [7, 11) is 1.78. The van der Waals surface area contributed by atoms with Crippen LogP contribution in [-0.2, 0) is 11.3 Å². The van der Waals surface area contributed by atoms with E-state index in [9.17, 15) is 4.79 Å². The quantitative estimate of drug-likeness (QED) is 0.618. The van der Waals surface area contributed by atoms with Gasteiger partial charge in [0.25, 0.3) is 5.78 Å². The number of carbonyl (C=O) groups excluding carboxylic acids is 1. The molecular formula is C16H18ClN5OS2. The number of thioether (sulfide) groups is 1. The molecule has 0 saturated carbocycles. The lowest BCUT2D eigenvalue weighted by Gasteiger charge is -2.15. The first kappa shape index (κ1) is 18.2. The largest absolute Gasteiger partial charge is 0.340 e. The van der Waals surface area contributed by atoms with Crippen molar-refractivity contribution >= 4 is 46.4 Å². The molecule has 0 spiro atoms. The van der Waals surface area contributed by atoms with E-state index in [-0.39, 0.29) is 11.7 Å². The minimum Gasteiger partial charge on any atom is -0.340 e. The number of carbonyl (C=O) groups is 1. The molecule has 0 aliphatic rings. The van der Waals surface area contributed by atoms with Gasteiger partial charge in [-0.05, 0) is 38.5 Å². The van der Waals surface area contributed by atoms with Crippen LogP contribution < -0.4 is 0 Å². The average molecular weight is 396 g/mol. The first-order chi connectivity index (χ1) is 11.8. The molecule has 0 aliphatic carbocycles. The topological polar surface area (TPSA) is 63.4 Å². The second-order valence-corrected chi connectivity index (χ2v) is 8.50. The van der Waals surface area contributed by atoms with E-state index in [1.807, 2.05) is 32.9 Å². The van der Waals surface area contributed by atoms with E-state index in [1.165, 1.54) is 23.1 Å². The summed E-state index contributed by atoms with van der Waals surface area (Å²) in [5, 5.41) is 5.01. The summed E-state index contributed by atoms with van der Waals surface area (Å²) in [5.41, 5.74) is 3.05. The Labute approximate surface area is 159 Å². The van der Waals surface area contributed by atoms with Gasteiger partial charge >= 0.3 is 0 Å². The number of amides is 1. The van der Waals surface area contributed by atoms with Crippen LogP contribution in [0.15, 0.2) is 17.3 Å². The van der Waals surface area contributed by atoms with E-state index in [2.05, 4.69) is 15.1 Å². The highest BCUT2D eigenvalue weighted by Gasteiger charge is 2.15. The molecule has 0 aliphatic heterocycles. The van der Waals surface area contributed by atoms with Gasteiger partial charge in [0.1, 0.15) is 0 Å². The minimum atomic E-state index is 0.0189. The van der Waals surface area contributed by atoms with Gasteiger partial charge in [-0.1, -0.05) is 23.4 Å². The highest BCUT2D eigenvalue weighted by atomic mass is 35.5. The van der Waals surface area contributed by atoms with E-state index < -0.39 is 0 Å². The first-order valence-electron chi connectivity index (χ1n) is 7.66. The van der Waals surface area contributed by atoms with Crippen LogP contribution in [0.4, 0.5) is 0 Å². The smallest absolute Gasteiger partial charge is 0.253 e. The summed E-state index contributed by atoms with van der Waals surface area (Å²) >= 11 is 8.73. The summed E-state index contributed by atoms with van der Waals surface area (Å²) in [4.78, 5) is 23.9. The summed E-state index contributed by atoms with van der Waals surface area (Å²) < 4.78 is 2.46. The van der Waals surface area contributed by atoms with Crippen LogP contribution in [-0.4, -0.2) is 43.2 Å². The molecule has 3 aromatic rings. The Morgan fingerprint density at radius 1 is 1.32 bits per heavy atom. The molecule has 6 nitrogen and oxygen atoms in total. The van der Waals surface area contributed by atoms with Gasteiger partial charge < -0.3 is 4.90 Å². The number of hydrogen-bond donors (Lipinski definition) is 0. The van der Waals surface area contributed by atoms with Crippen LogP contribution in [0.5, 0.6) is 0 Å². The average Bonchev–Trinajstić information content (AvgIpc) is 3.16. The first-order valence-corrected chi connectivity index (χ1v) is 9.84. The van der Waals surface area contributed by atoms with Crippen LogP contribution in [0.25, 0.3) is 5.78 Å². The van der Waals surface area contributed by atoms with Crippen molar-refractivity contribution in [1.82, 2.24) is 24.5 Å². The highest BCUT2D eigenvalue weighted by molar-refractivity contribution is 7.99. The minimum absolute atomic E-state index is 0.0189. The predicted molar refractivity (Wildman–Crippen MR) is 102 cm³/mol. The summed E-state index contributed by atoms with van der Waals surface area (Å²) in [5.74, 6) is 0.867. The number of nitrogens with zero attached hydrogens (tertiary/aromatic N) is 5. The Balaban J connectivity index is 1.65. The molecule has 3 rings (SSSR count). The van der Waals surface area contributed by atoms with Gasteiger partial charge in [-0.15, -0.1) is 16.4 Å². The molecule has 0 aromatic carbocycles. The van der Waals surface area contributed by atoms with E-state index in [4.69, 9.17) is 11.6 Å². The summed E-state index contributed by atoms with van der Waals surface area (Å²) in [6.07, 6.45) is 0. The van der Waals surface area contributed by atoms with Crippen molar-refractivity contribution in [1.29, 1.82) is 0 Å². The van der Waals surface area contributed by atoms with Crippen molar-refractivity contribution in [2.24, 2.45) is 0 Å². The Kier molecular flexibility index (Phi) is 5.31. The lowest BCUT2D eigenvalue weighted by atomic mass is 10.2. The Morgan fingerprint density at radius 3 is 2.76 bits per heavy atom. The molecule has 9 heteroatoms. The van der Waals surface area contributed by atoms with Crippen LogP contribution in [0.1, 0.15) is 21.8 Å². The van der Waals surface area contributed by atoms with E-state index in [0.717, 1.165) is 26.2 Å². The lowest BCUT2D eigenvalue weighted by Crippen LogP contribution is -2.27. The maximum Gasteiger partial charge on any atom is 0.253 e. The third-order valence-corrected chi connectivity index (χ3v) is 6.05. The molecule has 0 radical (unpaired) electrons. The number of halogens is 1. The monoisotopic (exact) mass is 395 g/mol. The molecule has 0 bridgehead atoms. The zero-order chi connectivity index (χ0) is 18.1. The van der Waals surface area contributed by atoms with E-state index >= 15 is 0 Å². The normalized spacial score (nSPS) is 11.2. The van der Waals surface area contributed by atoms with Crippen molar-refractivity contribution in [3.05, 3.63) is 38.3 Å². The fraction of sp³-hybridized carbons (Fsp3) is 0.375. The lowest BCUT2D eigenvalue weighted by molar-refractivity contribution is -0.127. The molecule has 132 valence electrons. The zero-order valence-electron chi connectivity index (χ0n) is 14.4. The second-order valence-electron chi connectivity index (χ2n) is 5.76. The second kappa shape index (κ2) is 7.31. The van der Waals surface area contributed by atoms with Gasteiger partial charge in [0, 0.05) is 23.3 Å². The van der Waals surface area contributed by atoms with Crippen molar-refractivity contribution in [3.8, 4) is 0 Å². The number of aryl methyl sites for hydroxylation is 2. The standard InChI is InChI=1S/C16H18ClN5OS2/c1-9-10(2)18-15-19-16(20-22(15)11(9)3)24-8-14(23)21(4)7-12-5-6-13(17)25-12/h5-6H,7-8H2,1-4H3. The predicted octanol–water partition coefficient (Wildman–Crippen LogP) is 3.52. The van der Waals surface area contributed by atoms with Gasteiger partial charge in [-0.3, -0.25) is 4.79 Å². The zero-order valence-corrected chi connectivity index (χ0v) is 16.8. The molecule has 0 atom stereocenters. The highest BCUT2D eigenvalue weighted by Crippen LogP contribution is 2.23. The summed E-state index contributed by atoms with van der Waals surface area (Å²) in [6, 6.07) is 3.78. The number of thiophene rings is 1. The molecule has 0 saturated heterocycles. The Hall–Kier alpha value is -1.64. The van der Waals surface area contributed by atoms with Crippen molar-refractivity contribution in [2.45, 2.75) is 32.5 Å². The Bertz CT molecular complexity index is 936. The number of hydrogen-bond acceptors (Lipinski definition) is 6. The fourth-order valence-electron chi connectivity index (χ4n) is 2.29. The van der Waals surface area contributed by atoms with Gasteiger partial charge in [0.2, 0.25) is 11.1 Å². The fourth-order valence-corrected chi connectivity index (χ4v) is 4.19. The Morgan fingerprint density at radius 2 is 2.08 bits per heavy atom. The van der Waals surface area contributed by atoms with Gasteiger partial charge in [-0.25, -0.2) is 9.50 Å². The van der Waals surface area contributed by atoms with Crippen LogP contribution in [0.2, 0.25) is 4.34 Å². The maximum atomic E-state index is 12.3. The molecule has 3 heterocycles. The van der Waals surface area contributed by atoms with Crippen molar-refractivity contribution in [2.75, 3.05) is 12.8 Å². The van der Waals surface area contributed by atoms with Crippen LogP contribution in [0, 0.1) is 20.8 Å². The van der Waals surface area contributed by atoms with E-state index in [1.54, 1.807) is 16.5 Å². The van der Waals surface area contributed by atoms with Gasteiger partial charge in [0.05, 0.1) is 16.6 Å². The summed E-state index contributed by atoms with van der Waals surface area (Å²) in [6.45, 7) is 6.51. The van der Waals surface area contributed by atoms with Crippen LogP contribution >= 0.6 is 34.7 Å². The van der Waals surface area contributed by atoms with Gasteiger partial charge in [-0.2, -0.15) is 4.98 Å². The van der Waals surface area contributed by atoms with E-state index in [0.29, 0.717) is 17.5 Å². The molecule has 0 unspecified atom stereocenters. The molecule has 0 N–H and O–H groups in total. The van der Waals surface area contributed by atoms with Crippen molar-refractivity contribution in [3.63, 3.8) is 0 Å². The third-order valence-electron chi connectivity index (χ3n) is 4.01.